The van der Waals surface area contributed by atoms with E-state index in [4.69, 9.17) is 4.42 Å². The van der Waals surface area contributed by atoms with Crippen LogP contribution in [0.2, 0.25) is 0 Å². The SMILES string of the molecule is CC(=O)c1c(C)[nH]c(C(=O)C(C)Sc2nnc(-c3ccc(C)cc3)o2)c1C. The summed E-state index contributed by atoms with van der Waals surface area (Å²) in [6.07, 6.45) is 0. The number of benzene rings is 1. The third-order valence-corrected chi connectivity index (χ3v) is 5.32. The van der Waals surface area contributed by atoms with E-state index in [1.54, 1.807) is 20.8 Å². The molecule has 1 N–H and O–H groups in total. The molecule has 0 radical (unpaired) electrons. The zero-order valence-corrected chi connectivity index (χ0v) is 16.7. The van der Waals surface area contributed by atoms with Crippen LogP contribution in [0.1, 0.15) is 51.5 Å². The van der Waals surface area contributed by atoms with E-state index in [-0.39, 0.29) is 11.6 Å². The fourth-order valence-corrected chi connectivity index (χ4v) is 3.75. The minimum atomic E-state index is -0.437. The molecule has 0 saturated carbocycles. The predicted octanol–water partition coefficient (Wildman–Crippen LogP) is 4.56. The Morgan fingerprint density at radius 1 is 1.11 bits per heavy atom. The number of hydrogen-bond donors (Lipinski definition) is 1. The number of aromatic amines is 1. The molecule has 0 aliphatic heterocycles. The molecule has 0 spiro atoms. The Hall–Kier alpha value is -2.67. The molecule has 1 aromatic carbocycles. The highest BCUT2D eigenvalue weighted by Crippen LogP contribution is 2.29. The number of aryl methyl sites for hydroxylation is 2. The number of aromatic nitrogens is 3. The summed E-state index contributed by atoms with van der Waals surface area (Å²) in [6.45, 7) is 8.87. The summed E-state index contributed by atoms with van der Waals surface area (Å²) in [5.74, 6) is 0.256. The predicted molar refractivity (Wildman–Crippen MR) is 104 cm³/mol. The highest BCUT2D eigenvalue weighted by atomic mass is 32.2. The largest absolute Gasteiger partial charge is 0.411 e. The van der Waals surface area contributed by atoms with Gasteiger partial charge in [-0.05, 0) is 52.3 Å². The van der Waals surface area contributed by atoms with Crippen molar-refractivity contribution in [2.24, 2.45) is 0 Å². The fourth-order valence-electron chi connectivity index (χ4n) is 3.00. The lowest BCUT2D eigenvalue weighted by molar-refractivity contribution is 0.0988. The van der Waals surface area contributed by atoms with Gasteiger partial charge in [-0.3, -0.25) is 9.59 Å². The molecule has 3 rings (SSSR count). The molecular formula is C20H21N3O3S. The van der Waals surface area contributed by atoms with Gasteiger partial charge in [0.2, 0.25) is 5.89 Å². The highest BCUT2D eigenvalue weighted by Gasteiger charge is 2.25. The van der Waals surface area contributed by atoms with Crippen LogP contribution in [-0.4, -0.2) is 32.0 Å². The van der Waals surface area contributed by atoms with Crippen molar-refractivity contribution in [3.05, 3.63) is 52.3 Å². The lowest BCUT2D eigenvalue weighted by Gasteiger charge is -2.07. The number of carbonyl (C=O) groups is 2. The molecule has 1 atom stereocenters. The molecule has 0 aliphatic carbocycles. The number of carbonyl (C=O) groups excluding carboxylic acids is 2. The molecule has 7 heteroatoms. The van der Waals surface area contributed by atoms with E-state index in [2.05, 4.69) is 15.2 Å². The van der Waals surface area contributed by atoms with Gasteiger partial charge in [-0.15, -0.1) is 10.2 Å². The van der Waals surface area contributed by atoms with Gasteiger partial charge in [-0.2, -0.15) is 0 Å². The van der Waals surface area contributed by atoms with Crippen molar-refractivity contribution in [2.75, 3.05) is 0 Å². The quantitative estimate of drug-likeness (QED) is 0.496. The van der Waals surface area contributed by atoms with Crippen LogP contribution >= 0.6 is 11.8 Å². The maximum Gasteiger partial charge on any atom is 0.277 e. The van der Waals surface area contributed by atoms with E-state index >= 15 is 0 Å². The summed E-state index contributed by atoms with van der Waals surface area (Å²) in [5.41, 5.74) is 4.41. The number of hydrogen-bond acceptors (Lipinski definition) is 6. The number of nitrogens with one attached hydrogen (secondary N) is 1. The molecule has 0 bridgehead atoms. The monoisotopic (exact) mass is 383 g/mol. The van der Waals surface area contributed by atoms with E-state index in [0.717, 1.165) is 11.1 Å². The first-order valence-corrected chi connectivity index (χ1v) is 9.47. The summed E-state index contributed by atoms with van der Waals surface area (Å²) in [7, 11) is 0. The number of thioether (sulfide) groups is 1. The van der Waals surface area contributed by atoms with Gasteiger partial charge < -0.3 is 9.40 Å². The molecule has 6 nitrogen and oxygen atoms in total. The summed E-state index contributed by atoms with van der Waals surface area (Å²) in [5, 5.41) is 7.99. The summed E-state index contributed by atoms with van der Waals surface area (Å²) in [4.78, 5) is 27.6. The molecule has 0 saturated heterocycles. The van der Waals surface area contributed by atoms with E-state index in [1.165, 1.54) is 18.7 Å². The Morgan fingerprint density at radius 2 is 1.78 bits per heavy atom. The van der Waals surface area contributed by atoms with Crippen LogP contribution in [0.15, 0.2) is 33.9 Å². The van der Waals surface area contributed by atoms with E-state index in [1.807, 2.05) is 31.2 Å². The molecule has 1 unspecified atom stereocenters. The van der Waals surface area contributed by atoms with Gasteiger partial charge in [0.1, 0.15) is 0 Å². The fraction of sp³-hybridized carbons (Fsp3) is 0.300. The Kier molecular flexibility index (Phi) is 5.32. The van der Waals surface area contributed by atoms with Crippen molar-refractivity contribution in [2.45, 2.75) is 45.1 Å². The lowest BCUT2D eigenvalue weighted by Crippen LogP contribution is -2.15. The molecule has 0 aliphatic rings. The number of rotatable bonds is 6. The molecule has 0 amide bonds. The zero-order chi connectivity index (χ0) is 19.7. The zero-order valence-electron chi connectivity index (χ0n) is 15.9. The number of H-pyrrole nitrogens is 1. The van der Waals surface area contributed by atoms with Gasteiger partial charge in [0.05, 0.1) is 10.9 Å². The van der Waals surface area contributed by atoms with Crippen LogP contribution in [0.25, 0.3) is 11.5 Å². The van der Waals surface area contributed by atoms with E-state index in [9.17, 15) is 9.59 Å². The van der Waals surface area contributed by atoms with Gasteiger partial charge in [-0.1, -0.05) is 29.5 Å². The second-order valence-electron chi connectivity index (χ2n) is 6.54. The van der Waals surface area contributed by atoms with Crippen molar-refractivity contribution in [3.63, 3.8) is 0 Å². The first-order valence-electron chi connectivity index (χ1n) is 8.59. The molecule has 2 aromatic heterocycles. The average Bonchev–Trinajstić information content (AvgIpc) is 3.19. The van der Waals surface area contributed by atoms with Gasteiger partial charge in [-0.25, -0.2) is 0 Å². The van der Waals surface area contributed by atoms with Crippen LogP contribution in [-0.2, 0) is 0 Å². The number of nitrogens with zero attached hydrogens (tertiary/aromatic N) is 2. The van der Waals surface area contributed by atoms with Crippen molar-refractivity contribution >= 4 is 23.3 Å². The van der Waals surface area contributed by atoms with Gasteiger partial charge in [0.15, 0.2) is 11.6 Å². The first kappa shape index (κ1) is 19.1. The Bertz CT molecular complexity index is 1000. The third kappa shape index (κ3) is 3.88. The maximum absolute atomic E-state index is 12.8. The standard InChI is InChI=1S/C20H21N3O3S/c1-10-6-8-15(9-7-10)19-22-23-20(26-19)27-14(5)18(25)17-11(2)16(13(4)24)12(3)21-17/h6-9,14,21H,1-5H3. The second-order valence-corrected chi connectivity index (χ2v) is 7.84. The topological polar surface area (TPSA) is 88.9 Å². The minimum Gasteiger partial charge on any atom is -0.411 e. The van der Waals surface area contributed by atoms with Gasteiger partial charge in [0.25, 0.3) is 5.22 Å². The molecule has 27 heavy (non-hydrogen) atoms. The number of ketones is 2. The first-order chi connectivity index (χ1) is 12.8. The Morgan fingerprint density at radius 3 is 2.37 bits per heavy atom. The number of Topliss-reactive ketones (excluding diaryl/α,β-unsaturated/α-hetero) is 2. The van der Waals surface area contributed by atoms with Crippen LogP contribution < -0.4 is 0 Å². The summed E-state index contributed by atoms with van der Waals surface area (Å²) >= 11 is 1.20. The van der Waals surface area contributed by atoms with E-state index < -0.39 is 5.25 Å². The second kappa shape index (κ2) is 7.52. The minimum absolute atomic E-state index is 0.0553. The summed E-state index contributed by atoms with van der Waals surface area (Å²) < 4.78 is 5.69. The molecule has 0 fully saturated rings. The maximum atomic E-state index is 12.8. The van der Waals surface area contributed by atoms with Crippen molar-refractivity contribution in [1.82, 2.24) is 15.2 Å². The van der Waals surface area contributed by atoms with E-state index in [0.29, 0.717) is 33.6 Å². The van der Waals surface area contributed by atoms with Crippen LogP contribution in [0.4, 0.5) is 0 Å². The molecule has 3 aromatic rings. The molecule has 140 valence electrons. The van der Waals surface area contributed by atoms with Crippen molar-refractivity contribution in [1.29, 1.82) is 0 Å². The normalized spacial score (nSPS) is 12.2. The Labute approximate surface area is 161 Å². The van der Waals surface area contributed by atoms with Crippen LogP contribution in [0.3, 0.4) is 0 Å². The van der Waals surface area contributed by atoms with Crippen molar-refractivity contribution in [3.8, 4) is 11.5 Å². The lowest BCUT2D eigenvalue weighted by atomic mass is 10.0. The average molecular weight is 383 g/mol. The van der Waals surface area contributed by atoms with Crippen molar-refractivity contribution < 1.29 is 14.0 Å². The van der Waals surface area contributed by atoms with Gasteiger partial charge >= 0.3 is 0 Å². The smallest absolute Gasteiger partial charge is 0.277 e. The van der Waals surface area contributed by atoms with Gasteiger partial charge in [0, 0.05) is 16.8 Å². The van der Waals surface area contributed by atoms with Crippen LogP contribution in [0, 0.1) is 20.8 Å². The Balaban J connectivity index is 1.77. The highest BCUT2D eigenvalue weighted by molar-refractivity contribution is 8.00. The molecular weight excluding hydrogens is 362 g/mol. The third-order valence-electron chi connectivity index (χ3n) is 4.39. The van der Waals surface area contributed by atoms with Crippen LogP contribution in [0.5, 0.6) is 0 Å². The summed E-state index contributed by atoms with van der Waals surface area (Å²) in [6, 6.07) is 7.78. The molecule has 2 heterocycles.